The summed E-state index contributed by atoms with van der Waals surface area (Å²) in [6, 6.07) is 3.67. The van der Waals surface area contributed by atoms with Crippen molar-refractivity contribution in [3.05, 3.63) is 17.0 Å². The van der Waals surface area contributed by atoms with Gasteiger partial charge in [0.25, 0.3) is 0 Å². The van der Waals surface area contributed by atoms with E-state index in [-0.39, 0.29) is 4.21 Å². The molecule has 2 heterocycles. The van der Waals surface area contributed by atoms with Crippen molar-refractivity contribution in [2.45, 2.75) is 23.1 Å². The van der Waals surface area contributed by atoms with E-state index in [0.29, 0.717) is 5.37 Å². The molecule has 0 aliphatic heterocycles. The number of hydrogen-bond acceptors (Lipinski definition) is 6. The van der Waals surface area contributed by atoms with E-state index < -0.39 is 10.0 Å². The van der Waals surface area contributed by atoms with Crippen LogP contribution in [0.3, 0.4) is 0 Å². The van der Waals surface area contributed by atoms with Gasteiger partial charge in [0.05, 0.1) is 9.39 Å². The van der Waals surface area contributed by atoms with E-state index in [4.69, 9.17) is 5.14 Å². The lowest BCUT2D eigenvalue weighted by atomic mass is 10.3. The van der Waals surface area contributed by atoms with Gasteiger partial charge in [-0.05, 0) is 25.3 Å². The fourth-order valence-electron chi connectivity index (χ4n) is 1.42. The fraction of sp³-hybridized carbons (Fsp3) is 0.400. The van der Waals surface area contributed by atoms with Crippen LogP contribution in [0.25, 0.3) is 9.40 Å². The Morgan fingerprint density at radius 1 is 1.44 bits per heavy atom. The summed E-state index contributed by atoms with van der Waals surface area (Å²) in [7, 11) is -3.57. The lowest BCUT2D eigenvalue weighted by Gasteiger charge is -2.08. The molecule has 1 atom stereocenters. The molecule has 100 valence electrons. The van der Waals surface area contributed by atoms with Crippen molar-refractivity contribution in [2.24, 2.45) is 5.14 Å². The number of primary sulfonamides is 1. The van der Waals surface area contributed by atoms with Gasteiger partial charge in [0.15, 0.2) is 0 Å². The van der Waals surface area contributed by atoms with Gasteiger partial charge >= 0.3 is 0 Å². The number of fused-ring (bicyclic) bond motifs is 1. The van der Waals surface area contributed by atoms with Crippen LogP contribution < -0.4 is 10.5 Å². The first-order valence-corrected chi connectivity index (χ1v) is 9.68. The van der Waals surface area contributed by atoms with E-state index in [1.165, 1.54) is 16.2 Å². The zero-order valence-electron chi connectivity index (χ0n) is 9.97. The third-order valence-corrected chi connectivity index (χ3v) is 7.13. The summed E-state index contributed by atoms with van der Waals surface area (Å²) in [4.78, 5) is 1.21. The molecule has 0 aliphatic carbocycles. The zero-order chi connectivity index (χ0) is 13.3. The van der Waals surface area contributed by atoms with Gasteiger partial charge in [0.2, 0.25) is 10.0 Å². The molecule has 0 aliphatic rings. The maximum absolute atomic E-state index is 11.2. The van der Waals surface area contributed by atoms with Crippen molar-refractivity contribution in [1.82, 2.24) is 5.32 Å². The molecule has 0 fully saturated rings. The smallest absolute Gasteiger partial charge is 0.247 e. The molecular weight excluding hydrogens is 308 g/mol. The Morgan fingerprint density at radius 3 is 2.72 bits per heavy atom. The third kappa shape index (κ3) is 3.25. The number of rotatable bonds is 5. The Bertz CT molecular complexity index is 612. The Hall–Kier alpha value is -0.120. The SMILES string of the molecule is CSC(C)NCc1cc2cc(S(N)(=O)=O)sc2s1. The number of nitrogens with two attached hydrogens (primary N) is 1. The third-order valence-electron chi connectivity index (χ3n) is 2.44. The number of nitrogens with one attached hydrogen (secondary N) is 1. The first-order chi connectivity index (χ1) is 8.40. The Morgan fingerprint density at radius 2 is 2.17 bits per heavy atom. The first kappa shape index (κ1) is 14.3. The van der Waals surface area contributed by atoms with Crippen LogP contribution in [0.15, 0.2) is 16.3 Å². The van der Waals surface area contributed by atoms with Gasteiger partial charge in [0.1, 0.15) is 4.21 Å². The number of thioether (sulfide) groups is 1. The quantitative estimate of drug-likeness (QED) is 0.829. The molecule has 2 rings (SSSR count). The van der Waals surface area contributed by atoms with Crippen LogP contribution >= 0.6 is 34.4 Å². The second kappa shape index (κ2) is 5.48. The van der Waals surface area contributed by atoms with Gasteiger partial charge in [-0.1, -0.05) is 0 Å². The lowest BCUT2D eigenvalue weighted by molar-refractivity contribution is 0.600. The predicted octanol–water partition coefficient (Wildman–Crippen LogP) is 2.41. The number of sulfonamides is 1. The summed E-state index contributed by atoms with van der Waals surface area (Å²) in [5.41, 5.74) is 0. The van der Waals surface area contributed by atoms with Crippen molar-refractivity contribution in [2.75, 3.05) is 6.26 Å². The second-order valence-electron chi connectivity index (χ2n) is 3.82. The van der Waals surface area contributed by atoms with E-state index in [0.717, 1.165) is 15.9 Å². The standard InChI is InChI=1S/C10H14N2O2S4/c1-6(15-2)12-5-8-3-7-4-9(18(11,13)14)17-10(7)16-8/h3-4,6,12H,5H2,1-2H3,(H2,11,13,14). The molecule has 0 spiro atoms. The van der Waals surface area contributed by atoms with Crippen molar-refractivity contribution in [3.63, 3.8) is 0 Å². The molecule has 3 N–H and O–H groups in total. The second-order valence-corrected chi connectivity index (χ2v) is 9.24. The van der Waals surface area contributed by atoms with E-state index in [1.54, 1.807) is 29.2 Å². The van der Waals surface area contributed by atoms with Crippen LogP contribution in [0.4, 0.5) is 0 Å². The van der Waals surface area contributed by atoms with Crippen LogP contribution in [0.5, 0.6) is 0 Å². The average molecular weight is 323 g/mol. The molecule has 8 heteroatoms. The van der Waals surface area contributed by atoms with Crippen LogP contribution in [0.2, 0.25) is 0 Å². The fourth-order valence-corrected chi connectivity index (χ4v) is 5.01. The lowest BCUT2D eigenvalue weighted by Crippen LogP contribution is -2.21. The molecule has 4 nitrogen and oxygen atoms in total. The van der Waals surface area contributed by atoms with Crippen LogP contribution in [0.1, 0.15) is 11.8 Å². The maximum Gasteiger partial charge on any atom is 0.247 e. The van der Waals surface area contributed by atoms with Gasteiger partial charge in [-0.15, -0.1) is 34.4 Å². The van der Waals surface area contributed by atoms with Gasteiger partial charge in [-0.2, -0.15) is 0 Å². The molecule has 0 saturated heterocycles. The molecule has 0 saturated carbocycles. The minimum Gasteiger partial charge on any atom is -0.301 e. The normalized spacial score (nSPS) is 14.2. The first-order valence-electron chi connectivity index (χ1n) is 5.21. The maximum atomic E-state index is 11.2. The molecular formula is C10H14N2O2S4. The minimum atomic E-state index is -3.57. The molecule has 18 heavy (non-hydrogen) atoms. The predicted molar refractivity (Wildman–Crippen MR) is 80.9 cm³/mol. The van der Waals surface area contributed by atoms with Crippen LogP contribution in [-0.4, -0.2) is 20.0 Å². The van der Waals surface area contributed by atoms with Crippen LogP contribution in [-0.2, 0) is 16.6 Å². The number of hydrogen-bond donors (Lipinski definition) is 2. The van der Waals surface area contributed by atoms with Crippen molar-refractivity contribution in [1.29, 1.82) is 0 Å². The summed E-state index contributed by atoms with van der Waals surface area (Å²) in [6.45, 7) is 2.92. The molecule has 0 amide bonds. The summed E-state index contributed by atoms with van der Waals surface area (Å²) in [5.74, 6) is 0. The highest BCUT2D eigenvalue weighted by atomic mass is 32.2. The van der Waals surface area contributed by atoms with E-state index >= 15 is 0 Å². The average Bonchev–Trinajstić information content (AvgIpc) is 2.82. The van der Waals surface area contributed by atoms with Gasteiger partial charge in [0, 0.05) is 16.8 Å². The monoisotopic (exact) mass is 322 g/mol. The topological polar surface area (TPSA) is 72.2 Å². The summed E-state index contributed by atoms with van der Waals surface area (Å²) < 4.78 is 23.7. The Balaban J connectivity index is 2.17. The van der Waals surface area contributed by atoms with Crippen molar-refractivity contribution >= 4 is 53.9 Å². The van der Waals surface area contributed by atoms with Gasteiger partial charge in [-0.25, -0.2) is 13.6 Å². The summed E-state index contributed by atoms with van der Waals surface area (Å²) in [5, 5.41) is 9.85. The molecule has 0 radical (unpaired) electrons. The van der Waals surface area contributed by atoms with Crippen LogP contribution in [0, 0.1) is 0 Å². The highest BCUT2D eigenvalue weighted by Gasteiger charge is 2.14. The van der Waals surface area contributed by atoms with Crippen molar-refractivity contribution < 1.29 is 8.42 Å². The highest BCUT2D eigenvalue weighted by molar-refractivity contribution is 7.99. The van der Waals surface area contributed by atoms with Gasteiger partial charge < -0.3 is 5.32 Å². The summed E-state index contributed by atoms with van der Waals surface area (Å²) >= 11 is 4.61. The molecule has 1 unspecified atom stereocenters. The minimum absolute atomic E-state index is 0.237. The van der Waals surface area contributed by atoms with Crippen molar-refractivity contribution in [3.8, 4) is 0 Å². The van der Waals surface area contributed by atoms with Gasteiger partial charge in [-0.3, -0.25) is 0 Å². The van der Waals surface area contributed by atoms with E-state index in [1.807, 2.05) is 6.07 Å². The molecule has 0 aromatic carbocycles. The number of thiophene rings is 2. The largest absolute Gasteiger partial charge is 0.301 e. The van der Waals surface area contributed by atoms with E-state index in [2.05, 4.69) is 18.5 Å². The highest BCUT2D eigenvalue weighted by Crippen LogP contribution is 2.35. The molecule has 2 aromatic rings. The molecule has 0 bridgehead atoms. The van der Waals surface area contributed by atoms with E-state index in [9.17, 15) is 8.42 Å². The molecule has 2 aromatic heterocycles. The Kier molecular flexibility index (Phi) is 4.35. The zero-order valence-corrected chi connectivity index (χ0v) is 13.2. The summed E-state index contributed by atoms with van der Waals surface area (Å²) in [6.07, 6.45) is 2.06. The Labute approximate surface area is 119 Å².